The van der Waals surface area contributed by atoms with E-state index >= 15 is 0 Å². The zero-order valence-electron chi connectivity index (χ0n) is 13.7. The smallest absolute Gasteiger partial charge is 0.203 e. The molecule has 1 N–H and O–H groups in total. The number of ether oxygens (including phenoxy) is 2. The number of nitrogens with one attached hydrogen (secondary N) is 1. The van der Waals surface area contributed by atoms with Gasteiger partial charge in [0.15, 0.2) is 17.3 Å². The average Bonchev–Trinajstić information content (AvgIpc) is 3.38. The second kappa shape index (κ2) is 5.99. The van der Waals surface area contributed by atoms with E-state index < -0.39 is 0 Å². The van der Waals surface area contributed by atoms with Crippen LogP contribution in [0.3, 0.4) is 0 Å². The van der Waals surface area contributed by atoms with Crippen LogP contribution in [0.15, 0.2) is 30.6 Å². The van der Waals surface area contributed by atoms with Crippen LogP contribution < -0.4 is 14.8 Å². The molecule has 0 amide bonds. The molecule has 7 nitrogen and oxygen atoms in total. The molecule has 0 aliphatic heterocycles. The molecule has 1 aromatic carbocycles. The predicted molar refractivity (Wildman–Crippen MR) is 89.6 cm³/mol. The second-order valence-corrected chi connectivity index (χ2v) is 5.84. The Bertz CT molecular complexity index is 873. The van der Waals surface area contributed by atoms with Gasteiger partial charge in [0.1, 0.15) is 5.82 Å². The van der Waals surface area contributed by atoms with Gasteiger partial charge in [-0.15, -0.1) is 10.2 Å². The summed E-state index contributed by atoms with van der Waals surface area (Å²) >= 11 is 0. The van der Waals surface area contributed by atoms with E-state index in [0.717, 1.165) is 22.9 Å². The van der Waals surface area contributed by atoms with Gasteiger partial charge in [0.05, 0.1) is 14.2 Å². The number of anilines is 1. The summed E-state index contributed by atoms with van der Waals surface area (Å²) in [6.45, 7) is 0.610. The van der Waals surface area contributed by atoms with Gasteiger partial charge in [-0.1, -0.05) is 6.07 Å². The molecule has 7 heteroatoms. The van der Waals surface area contributed by atoms with Gasteiger partial charge < -0.3 is 14.8 Å². The van der Waals surface area contributed by atoms with Gasteiger partial charge in [0.25, 0.3) is 0 Å². The van der Waals surface area contributed by atoms with Crippen molar-refractivity contribution in [3.8, 4) is 11.5 Å². The summed E-state index contributed by atoms with van der Waals surface area (Å²) in [5.74, 6) is 3.73. The summed E-state index contributed by atoms with van der Waals surface area (Å²) in [4.78, 5) is 4.40. The third-order valence-electron chi connectivity index (χ3n) is 4.20. The lowest BCUT2D eigenvalue weighted by Gasteiger charge is -2.11. The van der Waals surface area contributed by atoms with Crippen molar-refractivity contribution < 1.29 is 9.47 Å². The molecule has 3 aromatic rings. The van der Waals surface area contributed by atoms with E-state index in [1.165, 1.54) is 12.8 Å². The summed E-state index contributed by atoms with van der Waals surface area (Å²) in [6, 6.07) is 5.84. The maximum absolute atomic E-state index is 5.34. The molecule has 4 rings (SSSR count). The van der Waals surface area contributed by atoms with Crippen LogP contribution in [0.4, 0.5) is 5.82 Å². The van der Waals surface area contributed by atoms with E-state index in [2.05, 4.69) is 20.5 Å². The highest BCUT2D eigenvalue weighted by Gasteiger charge is 2.29. The standard InChI is InChI=1S/C17H19N5O2/c1-23-13-6-3-11(9-14(13)24-2)10-19-15-17-21-20-16(12-4-5-12)22(17)8-7-18-15/h3,6-9,12H,4-5,10H2,1-2H3,(H,18,19). The molecule has 0 saturated heterocycles. The van der Waals surface area contributed by atoms with Gasteiger partial charge in [0, 0.05) is 24.9 Å². The third-order valence-corrected chi connectivity index (χ3v) is 4.20. The molecule has 1 aliphatic carbocycles. The van der Waals surface area contributed by atoms with E-state index in [1.54, 1.807) is 20.4 Å². The lowest BCUT2D eigenvalue weighted by Crippen LogP contribution is -2.04. The highest BCUT2D eigenvalue weighted by Crippen LogP contribution is 2.39. The molecule has 2 heterocycles. The van der Waals surface area contributed by atoms with Gasteiger partial charge in [-0.05, 0) is 30.5 Å². The first-order valence-electron chi connectivity index (χ1n) is 7.94. The van der Waals surface area contributed by atoms with Crippen LogP contribution in [0.2, 0.25) is 0 Å². The Morgan fingerprint density at radius 1 is 1.17 bits per heavy atom. The highest BCUT2D eigenvalue weighted by atomic mass is 16.5. The fourth-order valence-corrected chi connectivity index (χ4v) is 2.77. The monoisotopic (exact) mass is 325 g/mol. The summed E-state index contributed by atoms with van der Waals surface area (Å²) < 4.78 is 12.6. The number of methoxy groups -OCH3 is 2. The van der Waals surface area contributed by atoms with Gasteiger partial charge in [0.2, 0.25) is 5.65 Å². The normalized spacial score (nSPS) is 13.9. The largest absolute Gasteiger partial charge is 0.493 e. The van der Waals surface area contributed by atoms with Crippen molar-refractivity contribution in [3.63, 3.8) is 0 Å². The third kappa shape index (κ3) is 2.62. The molecule has 0 atom stereocenters. The predicted octanol–water partition coefficient (Wildman–Crippen LogP) is 2.63. The van der Waals surface area contributed by atoms with Crippen molar-refractivity contribution in [3.05, 3.63) is 42.0 Å². The van der Waals surface area contributed by atoms with E-state index in [-0.39, 0.29) is 0 Å². The summed E-state index contributed by atoms with van der Waals surface area (Å²) in [5, 5.41) is 12.0. The summed E-state index contributed by atoms with van der Waals surface area (Å²) in [5.41, 5.74) is 1.83. The minimum Gasteiger partial charge on any atom is -0.493 e. The Hall–Kier alpha value is -2.83. The first-order valence-corrected chi connectivity index (χ1v) is 7.94. The van der Waals surface area contributed by atoms with Gasteiger partial charge in [-0.25, -0.2) is 4.98 Å². The fraction of sp³-hybridized carbons (Fsp3) is 0.353. The molecular weight excluding hydrogens is 306 g/mol. The molecule has 124 valence electrons. The number of fused-ring (bicyclic) bond motifs is 1. The minimum atomic E-state index is 0.543. The maximum atomic E-state index is 5.34. The van der Waals surface area contributed by atoms with E-state index in [9.17, 15) is 0 Å². The zero-order valence-corrected chi connectivity index (χ0v) is 13.7. The Labute approximate surface area is 139 Å². The van der Waals surface area contributed by atoms with Crippen LogP contribution in [-0.4, -0.2) is 33.8 Å². The van der Waals surface area contributed by atoms with Crippen molar-refractivity contribution in [1.82, 2.24) is 19.6 Å². The molecule has 0 bridgehead atoms. The van der Waals surface area contributed by atoms with Gasteiger partial charge >= 0.3 is 0 Å². The Morgan fingerprint density at radius 3 is 2.75 bits per heavy atom. The Balaban J connectivity index is 1.57. The SMILES string of the molecule is COc1ccc(CNc2nccn3c(C4CC4)nnc23)cc1OC. The number of rotatable bonds is 6. The zero-order chi connectivity index (χ0) is 16.5. The molecule has 1 fully saturated rings. The topological polar surface area (TPSA) is 73.6 Å². The molecule has 2 aromatic heterocycles. The van der Waals surface area contributed by atoms with Crippen molar-refractivity contribution in [2.24, 2.45) is 0 Å². The average molecular weight is 325 g/mol. The van der Waals surface area contributed by atoms with Crippen LogP contribution in [0.5, 0.6) is 11.5 Å². The van der Waals surface area contributed by atoms with Crippen LogP contribution >= 0.6 is 0 Å². The first kappa shape index (κ1) is 14.7. The van der Waals surface area contributed by atoms with Crippen molar-refractivity contribution in [1.29, 1.82) is 0 Å². The summed E-state index contributed by atoms with van der Waals surface area (Å²) in [7, 11) is 3.26. The van der Waals surface area contributed by atoms with Crippen LogP contribution in [-0.2, 0) is 6.54 Å². The number of benzene rings is 1. The van der Waals surface area contributed by atoms with Gasteiger partial charge in [-0.2, -0.15) is 0 Å². The Morgan fingerprint density at radius 2 is 2.00 bits per heavy atom. The quantitative estimate of drug-likeness (QED) is 0.751. The number of hydrogen-bond acceptors (Lipinski definition) is 6. The number of nitrogens with zero attached hydrogens (tertiary/aromatic N) is 4. The second-order valence-electron chi connectivity index (χ2n) is 5.84. The number of hydrogen-bond donors (Lipinski definition) is 1. The number of aromatic nitrogens is 4. The Kier molecular flexibility index (Phi) is 3.68. The molecule has 0 unspecified atom stereocenters. The van der Waals surface area contributed by atoms with Crippen molar-refractivity contribution in [2.75, 3.05) is 19.5 Å². The van der Waals surface area contributed by atoms with Crippen molar-refractivity contribution >= 4 is 11.5 Å². The first-order chi connectivity index (χ1) is 11.8. The van der Waals surface area contributed by atoms with E-state index in [0.29, 0.717) is 24.0 Å². The molecule has 0 spiro atoms. The molecule has 1 aliphatic rings. The lowest BCUT2D eigenvalue weighted by molar-refractivity contribution is 0.354. The lowest BCUT2D eigenvalue weighted by atomic mass is 10.2. The minimum absolute atomic E-state index is 0.543. The van der Waals surface area contributed by atoms with Crippen LogP contribution in [0.1, 0.15) is 30.1 Å². The van der Waals surface area contributed by atoms with Crippen LogP contribution in [0, 0.1) is 0 Å². The highest BCUT2D eigenvalue weighted by molar-refractivity contribution is 5.62. The molecular formula is C17H19N5O2. The van der Waals surface area contributed by atoms with Gasteiger partial charge in [-0.3, -0.25) is 4.40 Å². The van der Waals surface area contributed by atoms with Crippen LogP contribution in [0.25, 0.3) is 5.65 Å². The van der Waals surface area contributed by atoms with E-state index in [1.807, 2.05) is 28.8 Å². The molecule has 0 radical (unpaired) electrons. The maximum Gasteiger partial charge on any atom is 0.203 e. The molecule has 1 saturated carbocycles. The van der Waals surface area contributed by atoms with Crippen molar-refractivity contribution in [2.45, 2.75) is 25.3 Å². The fourth-order valence-electron chi connectivity index (χ4n) is 2.77. The molecule has 24 heavy (non-hydrogen) atoms. The van der Waals surface area contributed by atoms with E-state index in [4.69, 9.17) is 9.47 Å². The summed E-state index contributed by atoms with van der Waals surface area (Å²) in [6.07, 6.45) is 6.08.